The van der Waals surface area contributed by atoms with Crippen molar-refractivity contribution in [3.05, 3.63) is 0 Å². The number of ether oxygens (including phenoxy) is 2. The van der Waals surface area contributed by atoms with E-state index >= 15 is 0 Å². The smallest absolute Gasteiger partial charge is 0.185 e. The van der Waals surface area contributed by atoms with E-state index in [2.05, 4.69) is 4.99 Å². The molecule has 0 aromatic carbocycles. The second-order valence-corrected chi connectivity index (χ2v) is 1.84. The Morgan fingerprint density at radius 1 is 1.56 bits per heavy atom. The van der Waals surface area contributed by atoms with Crippen molar-refractivity contribution in [2.24, 2.45) is 4.99 Å². The Hall–Kier alpha value is -0.570. The maximum Gasteiger partial charge on any atom is 0.185 e. The van der Waals surface area contributed by atoms with Gasteiger partial charge >= 0.3 is 0 Å². The average molecular weight is 129 g/mol. The van der Waals surface area contributed by atoms with E-state index < -0.39 is 0 Å². The molecule has 3 nitrogen and oxygen atoms in total. The molecule has 1 aliphatic rings. The summed E-state index contributed by atoms with van der Waals surface area (Å²) in [4.78, 5) is 4.11. The molecule has 3 heteroatoms. The molecule has 0 saturated heterocycles. The maximum absolute atomic E-state index is 5.13. The van der Waals surface area contributed by atoms with Crippen molar-refractivity contribution in [3.8, 4) is 0 Å². The van der Waals surface area contributed by atoms with E-state index in [9.17, 15) is 0 Å². The average Bonchev–Trinajstić information content (AvgIpc) is 2.13. The standard InChI is InChI=1S/C6H11NO2/c1-8-6-2-4-9-5-3-7-6/h2-5H2,1H3. The number of methoxy groups -OCH3 is 1. The molecule has 0 atom stereocenters. The van der Waals surface area contributed by atoms with E-state index in [1.54, 1.807) is 7.11 Å². The first-order valence-electron chi connectivity index (χ1n) is 3.08. The molecular weight excluding hydrogens is 118 g/mol. The van der Waals surface area contributed by atoms with Gasteiger partial charge in [0.25, 0.3) is 0 Å². The Morgan fingerprint density at radius 3 is 3.22 bits per heavy atom. The summed E-state index contributed by atoms with van der Waals surface area (Å²) in [6, 6.07) is 0. The van der Waals surface area contributed by atoms with Crippen LogP contribution in [0.3, 0.4) is 0 Å². The second-order valence-electron chi connectivity index (χ2n) is 1.84. The Kier molecular flexibility index (Phi) is 2.51. The van der Waals surface area contributed by atoms with Gasteiger partial charge in [-0.05, 0) is 0 Å². The monoisotopic (exact) mass is 129 g/mol. The van der Waals surface area contributed by atoms with Crippen molar-refractivity contribution in [3.63, 3.8) is 0 Å². The van der Waals surface area contributed by atoms with Crippen LogP contribution in [-0.4, -0.2) is 32.8 Å². The van der Waals surface area contributed by atoms with Crippen LogP contribution in [0.1, 0.15) is 6.42 Å². The first kappa shape index (κ1) is 6.55. The number of hydrogen-bond acceptors (Lipinski definition) is 3. The third kappa shape index (κ3) is 2.01. The Balaban J connectivity index is 2.37. The molecule has 0 N–H and O–H groups in total. The molecule has 1 heterocycles. The SMILES string of the molecule is COC1=NCCOCC1. The lowest BCUT2D eigenvalue weighted by molar-refractivity contribution is 0.152. The topological polar surface area (TPSA) is 30.8 Å². The number of aliphatic imine (C=N–C) groups is 1. The zero-order chi connectivity index (χ0) is 6.53. The fourth-order valence-corrected chi connectivity index (χ4v) is 0.742. The van der Waals surface area contributed by atoms with E-state index in [4.69, 9.17) is 9.47 Å². The summed E-state index contributed by atoms with van der Waals surface area (Å²) >= 11 is 0. The van der Waals surface area contributed by atoms with Gasteiger partial charge in [0.2, 0.25) is 0 Å². The van der Waals surface area contributed by atoms with Gasteiger partial charge in [-0.25, -0.2) is 0 Å². The van der Waals surface area contributed by atoms with Gasteiger partial charge in [-0.2, -0.15) is 0 Å². The molecular formula is C6H11NO2. The molecule has 9 heavy (non-hydrogen) atoms. The molecule has 0 aromatic rings. The summed E-state index contributed by atoms with van der Waals surface area (Å²) in [5, 5.41) is 0. The molecule has 0 fully saturated rings. The quantitative estimate of drug-likeness (QED) is 0.475. The van der Waals surface area contributed by atoms with Crippen LogP contribution in [0.5, 0.6) is 0 Å². The van der Waals surface area contributed by atoms with Gasteiger partial charge in [0.1, 0.15) is 0 Å². The van der Waals surface area contributed by atoms with Crippen LogP contribution in [-0.2, 0) is 9.47 Å². The highest BCUT2D eigenvalue weighted by molar-refractivity contribution is 5.76. The van der Waals surface area contributed by atoms with Crippen LogP contribution in [0.4, 0.5) is 0 Å². The summed E-state index contributed by atoms with van der Waals surface area (Å²) in [5.74, 6) is 0.812. The predicted octanol–water partition coefficient (Wildman–Crippen LogP) is 0.452. The van der Waals surface area contributed by atoms with Gasteiger partial charge in [0.05, 0.1) is 26.9 Å². The van der Waals surface area contributed by atoms with Gasteiger partial charge in [-0.3, -0.25) is 4.99 Å². The highest BCUT2D eigenvalue weighted by Crippen LogP contribution is 1.94. The first-order chi connectivity index (χ1) is 4.43. The third-order valence-electron chi connectivity index (χ3n) is 1.22. The van der Waals surface area contributed by atoms with Gasteiger partial charge < -0.3 is 9.47 Å². The van der Waals surface area contributed by atoms with E-state index in [1.165, 1.54) is 0 Å². The Labute approximate surface area is 54.7 Å². The Morgan fingerprint density at radius 2 is 2.44 bits per heavy atom. The molecule has 0 spiro atoms. The fourth-order valence-electron chi connectivity index (χ4n) is 0.742. The molecule has 0 aliphatic carbocycles. The van der Waals surface area contributed by atoms with Crippen molar-refractivity contribution >= 4 is 5.90 Å². The van der Waals surface area contributed by atoms with Gasteiger partial charge in [-0.1, -0.05) is 0 Å². The number of nitrogens with zero attached hydrogens (tertiary/aromatic N) is 1. The minimum absolute atomic E-state index is 0.729. The van der Waals surface area contributed by atoms with Crippen molar-refractivity contribution in [1.82, 2.24) is 0 Å². The molecule has 0 unspecified atom stereocenters. The molecule has 52 valence electrons. The van der Waals surface area contributed by atoms with Gasteiger partial charge in [-0.15, -0.1) is 0 Å². The molecule has 1 rings (SSSR count). The zero-order valence-electron chi connectivity index (χ0n) is 5.59. The van der Waals surface area contributed by atoms with Crippen LogP contribution in [0.2, 0.25) is 0 Å². The summed E-state index contributed by atoms with van der Waals surface area (Å²) < 4.78 is 10.1. The van der Waals surface area contributed by atoms with E-state index in [1.807, 2.05) is 0 Å². The second kappa shape index (κ2) is 3.45. The fraction of sp³-hybridized carbons (Fsp3) is 0.833. The predicted molar refractivity (Wildman–Crippen MR) is 34.7 cm³/mol. The normalized spacial score (nSPS) is 20.3. The highest BCUT2D eigenvalue weighted by atomic mass is 16.5. The van der Waals surface area contributed by atoms with Crippen LogP contribution in [0.25, 0.3) is 0 Å². The molecule has 0 radical (unpaired) electrons. The summed E-state index contributed by atoms with van der Waals surface area (Å²) in [7, 11) is 1.64. The van der Waals surface area contributed by atoms with Crippen LogP contribution >= 0.6 is 0 Å². The van der Waals surface area contributed by atoms with Crippen molar-refractivity contribution in [2.75, 3.05) is 26.9 Å². The molecule has 1 aliphatic heterocycles. The largest absolute Gasteiger partial charge is 0.484 e. The van der Waals surface area contributed by atoms with Gasteiger partial charge in [0.15, 0.2) is 5.90 Å². The minimum Gasteiger partial charge on any atom is -0.484 e. The van der Waals surface area contributed by atoms with Crippen LogP contribution < -0.4 is 0 Å². The summed E-state index contributed by atoms with van der Waals surface area (Å²) in [6.45, 7) is 2.21. The van der Waals surface area contributed by atoms with E-state index in [-0.39, 0.29) is 0 Å². The van der Waals surface area contributed by atoms with Gasteiger partial charge in [0, 0.05) is 6.42 Å². The highest BCUT2D eigenvalue weighted by Gasteiger charge is 2.01. The van der Waals surface area contributed by atoms with E-state index in [0.29, 0.717) is 0 Å². The lowest BCUT2D eigenvalue weighted by Gasteiger charge is -1.98. The number of rotatable bonds is 0. The van der Waals surface area contributed by atoms with Crippen LogP contribution in [0, 0.1) is 0 Å². The maximum atomic E-state index is 5.13. The van der Waals surface area contributed by atoms with E-state index in [0.717, 1.165) is 32.1 Å². The van der Waals surface area contributed by atoms with Crippen LogP contribution in [0.15, 0.2) is 4.99 Å². The molecule has 0 amide bonds. The molecule has 0 saturated carbocycles. The third-order valence-corrected chi connectivity index (χ3v) is 1.22. The summed E-state index contributed by atoms with van der Waals surface area (Å²) in [5.41, 5.74) is 0. The minimum atomic E-state index is 0.729. The summed E-state index contributed by atoms with van der Waals surface area (Å²) in [6.07, 6.45) is 0.816. The van der Waals surface area contributed by atoms with Crippen molar-refractivity contribution in [2.45, 2.75) is 6.42 Å². The lowest BCUT2D eigenvalue weighted by atomic mass is 10.4. The molecule has 0 aromatic heterocycles. The Bertz CT molecular complexity index is 112. The van der Waals surface area contributed by atoms with Crippen molar-refractivity contribution in [1.29, 1.82) is 0 Å². The molecule has 0 bridgehead atoms. The lowest BCUT2D eigenvalue weighted by Crippen LogP contribution is -2.02. The first-order valence-corrected chi connectivity index (χ1v) is 3.08. The van der Waals surface area contributed by atoms with Crippen molar-refractivity contribution < 1.29 is 9.47 Å². The number of hydrogen-bond donors (Lipinski definition) is 0. The zero-order valence-corrected chi connectivity index (χ0v) is 5.59.